The lowest BCUT2D eigenvalue weighted by molar-refractivity contribution is -0.139. The topological polar surface area (TPSA) is 138 Å². The van der Waals surface area contributed by atoms with Gasteiger partial charge in [-0.1, -0.05) is 0 Å². The van der Waals surface area contributed by atoms with Crippen LogP contribution in [0.2, 0.25) is 0 Å². The number of anilines is 2. The van der Waals surface area contributed by atoms with E-state index >= 15 is 0 Å². The van der Waals surface area contributed by atoms with E-state index in [0.717, 1.165) is 0 Å². The third kappa shape index (κ3) is 2.80. The van der Waals surface area contributed by atoms with Gasteiger partial charge in [-0.3, -0.25) is 9.59 Å². The molecule has 0 aliphatic rings. The highest BCUT2D eigenvalue weighted by atomic mass is 16.4. The molecule has 0 spiro atoms. The first-order valence-electron chi connectivity index (χ1n) is 4.25. The van der Waals surface area contributed by atoms with Crippen molar-refractivity contribution in [3.8, 4) is 5.75 Å². The Hall–Kier alpha value is -2.38. The normalized spacial score (nSPS) is 9.81. The number of hydrogen-bond acceptors (Lipinski definition) is 6. The molecule has 8 nitrogen and oxygen atoms in total. The number of hydrogen-bond donors (Lipinski definition) is 4. The molecule has 16 heavy (non-hydrogen) atoms. The summed E-state index contributed by atoms with van der Waals surface area (Å²) in [6, 6.07) is 0. The highest BCUT2D eigenvalue weighted by Crippen LogP contribution is 2.24. The number of carbonyl (C=O) groups is 2. The average Bonchev–Trinajstić information content (AvgIpc) is 2.11. The number of nitrogens with zero attached hydrogens (tertiary/aromatic N) is 2. The van der Waals surface area contributed by atoms with Crippen LogP contribution in [0.5, 0.6) is 5.75 Å². The van der Waals surface area contributed by atoms with Crippen LogP contribution in [0.15, 0.2) is 0 Å². The van der Waals surface area contributed by atoms with E-state index in [1.165, 1.54) is 6.92 Å². The van der Waals surface area contributed by atoms with Gasteiger partial charge < -0.3 is 21.3 Å². The molecule has 1 aromatic rings. The van der Waals surface area contributed by atoms with Crippen molar-refractivity contribution >= 4 is 23.6 Å². The molecule has 0 unspecified atom stereocenters. The number of nitrogen functional groups attached to an aromatic ring is 1. The van der Waals surface area contributed by atoms with E-state index in [1.54, 1.807) is 0 Å². The summed E-state index contributed by atoms with van der Waals surface area (Å²) < 4.78 is 0. The standard InChI is InChI=1S/C8H10N4O4/c1-3-6(16)7(12-8(9)10-3)11-4(13)2-5(14)15/h16H,2H2,1H3,(H,14,15)(H3,9,10,11,12,13). The van der Waals surface area contributed by atoms with Crippen molar-refractivity contribution in [1.82, 2.24) is 9.97 Å². The zero-order valence-corrected chi connectivity index (χ0v) is 8.39. The largest absolute Gasteiger partial charge is 0.503 e. The molecule has 1 aromatic heterocycles. The summed E-state index contributed by atoms with van der Waals surface area (Å²) in [6.07, 6.45) is -0.720. The molecule has 0 aliphatic heterocycles. The predicted molar refractivity (Wildman–Crippen MR) is 53.7 cm³/mol. The molecule has 8 heteroatoms. The molecular formula is C8H10N4O4. The Labute approximate surface area is 90.1 Å². The van der Waals surface area contributed by atoms with E-state index < -0.39 is 18.3 Å². The fourth-order valence-corrected chi connectivity index (χ4v) is 0.989. The number of aliphatic carboxylic acids is 1. The molecule has 0 fully saturated rings. The Balaban J connectivity index is 2.89. The van der Waals surface area contributed by atoms with E-state index in [0.29, 0.717) is 0 Å². The Kier molecular flexibility index (Phi) is 3.24. The number of nitrogens with one attached hydrogen (secondary N) is 1. The second-order valence-corrected chi connectivity index (χ2v) is 2.98. The zero-order valence-electron chi connectivity index (χ0n) is 8.39. The number of carboxylic acid groups (broad SMARTS) is 1. The maximum Gasteiger partial charge on any atom is 0.312 e. The third-order valence-corrected chi connectivity index (χ3v) is 1.65. The summed E-state index contributed by atoms with van der Waals surface area (Å²) in [4.78, 5) is 28.6. The van der Waals surface area contributed by atoms with Crippen molar-refractivity contribution in [2.75, 3.05) is 11.1 Å². The minimum absolute atomic E-state index is 0.124. The van der Waals surface area contributed by atoms with Gasteiger partial charge in [0.25, 0.3) is 0 Å². The van der Waals surface area contributed by atoms with Crippen LogP contribution < -0.4 is 11.1 Å². The molecule has 1 rings (SSSR count). The SMILES string of the molecule is Cc1nc(N)nc(NC(=O)CC(=O)O)c1O. The highest BCUT2D eigenvalue weighted by molar-refractivity contribution is 6.01. The Morgan fingerprint density at radius 2 is 2.06 bits per heavy atom. The fraction of sp³-hybridized carbons (Fsp3) is 0.250. The van der Waals surface area contributed by atoms with Crippen molar-refractivity contribution in [1.29, 1.82) is 0 Å². The molecule has 0 atom stereocenters. The summed E-state index contributed by atoms with van der Waals surface area (Å²) in [5.74, 6) is -2.75. The molecule has 1 amide bonds. The van der Waals surface area contributed by atoms with Gasteiger partial charge in [0.1, 0.15) is 6.42 Å². The number of carbonyl (C=O) groups excluding carboxylic acids is 1. The van der Waals surface area contributed by atoms with Gasteiger partial charge in [0.2, 0.25) is 11.9 Å². The van der Waals surface area contributed by atoms with E-state index in [2.05, 4.69) is 15.3 Å². The van der Waals surface area contributed by atoms with Crippen LogP contribution in [0, 0.1) is 6.92 Å². The first-order chi connectivity index (χ1) is 7.40. The van der Waals surface area contributed by atoms with Crippen LogP contribution >= 0.6 is 0 Å². The van der Waals surface area contributed by atoms with Gasteiger partial charge in [-0.25, -0.2) is 4.98 Å². The summed E-state index contributed by atoms with van der Waals surface area (Å²) in [5.41, 5.74) is 5.50. The second-order valence-electron chi connectivity index (χ2n) is 2.98. The van der Waals surface area contributed by atoms with Gasteiger partial charge in [0, 0.05) is 0 Å². The van der Waals surface area contributed by atoms with Crippen molar-refractivity contribution in [3.05, 3.63) is 5.69 Å². The molecule has 1 heterocycles. The highest BCUT2D eigenvalue weighted by Gasteiger charge is 2.14. The predicted octanol–water partition coefficient (Wildman–Crippen LogP) is -0.514. The summed E-state index contributed by atoms with van der Waals surface area (Å²) in [5, 5.41) is 19.9. The molecular weight excluding hydrogens is 216 g/mol. The molecule has 0 aromatic carbocycles. The molecule has 5 N–H and O–H groups in total. The van der Waals surface area contributed by atoms with Crippen molar-refractivity contribution < 1.29 is 19.8 Å². The lowest BCUT2D eigenvalue weighted by Gasteiger charge is -2.07. The van der Waals surface area contributed by atoms with E-state index in [1.807, 2.05) is 0 Å². The third-order valence-electron chi connectivity index (χ3n) is 1.65. The van der Waals surface area contributed by atoms with Crippen LogP contribution in [0.25, 0.3) is 0 Å². The Morgan fingerprint density at radius 3 is 2.62 bits per heavy atom. The molecule has 0 aliphatic carbocycles. The second kappa shape index (κ2) is 4.43. The first kappa shape index (κ1) is 11.7. The summed E-state index contributed by atoms with van der Waals surface area (Å²) >= 11 is 0. The van der Waals surface area contributed by atoms with Gasteiger partial charge in [-0.15, -0.1) is 0 Å². The number of rotatable bonds is 3. The van der Waals surface area contributed by atoms with E-state index in [4.69, 9.17) is 10.8 Å². The molecule has 0 bridgehead atoms. The summed E-state index contributed by atoms with van der Waals surface area (Å²) in [6.45, 7) is 1.47. The van der Waals surface area contributed by atoms with Gasteiger partial charge >= 0.3 is 5.97 Å². The molecule has 0 saturated heterocycles. The van der Waals surface area contributed by atoms with Crippen molar-refractivity contribution in [2.45, 2.75) is 13.3 Å². The van der Waals surface area contributed by atoms with Crippen molar-refractivity contribution in [2.24, 2.45) is 0 Å². The maximum absolute atomic E-state index is 11.1. The number of amides is 1. The van der Waals surface area contributed by atoms with Crippen LogP contribution in [0.1, 0.15) is 12.1 Å². The van der Waals surface area contributed by atoms with E-state index in [-0.39, 0.29) is 23.2 Å². The quantitative estimate of drug-likeness (QED) is 0.509. The van der Waals surface area contributed by atoms with Crippen LogP contribution in [-0.2, 0) is 9.59 Å². The number of carboxylic acids is 1. The molecule has 0 radical (unpaired) electrons. The number of aryl methyl sites for hydroxylation is 1. The lowest BCUT2D eigenvalue weighted by atomic mass is 10.3. The van der Waals surface area contributed by atoms with Crippen LogP contribution in [-0.4, -0.2) is 32.1 Å². The molecule has 86 valence electrons. The molecule has 0 saturated carbocycles. The monoisotopic (exact) mass is 226 g/mol. The lowest BCUT2D eigenvalue weighted by Crippen LogP contribution is -2.17. The Morgan fingerprint density at radius 1 is 1.44 bits per heavy atom. The van der Waals surface area contributed by atoms with Gasteiger partial charge in [-0.05, 0) is 6.92 Å². The number of aromatic nitrogens is 2. The number of nitrogens with two attached hydrogens (primary N) is 1. The van der Waals surface area contributed by atoms with Crippen LogP contribution in [0.4, 0.5) is 11.8 Å². The van der Waals surface area contributed by atoms with Gasteiger partial charge in [0.05, 0.1) is 5.69 Å². The summed E-state index contributed by atoms with van der Waals surface area (Å²) in [7, 11) is 0. The Bertz CT molecular complexity index is 446. The first-order valence-corrected chi connectivity index (χ1v) is 4.25. The van der Waals surface area contributed by atoms with E-state index in [9.17, 15) is 14.7 Å². The minimum Gasteiger partial charge on any atom is -0.503 e. The van der Waals surface area contributed by atoms with Gasteiger partial charge in [-0.2, -0.15) is 4.98 Å². The minimum atomic E-state index is -1.28. The average molecular weight is 226 g/mol. The number of aromatic hydroxyl groups is 1. The van der Waals surface area contributed by atoms with Gasteiger partial charge in [0.15, 0.2) is 11.6 Å². The van der Waals surface area contributed by atoms with Crippen molar-refractivity contribution in [3.63, 3.8) is 0 Å². The zero-order chi connectivity index (χ0) is 12.3. The maximum atomic E-state index is 11.1. The fourth-order valence-electron chi connectivity index (χ4n) is 0.989. The van der Waals surface area contributed by atoms with Crippen LogP contribution in [0.3, 0.4) is 0 Å². The smallest absolute Gasteiger partial charge is 0.312 e.